The van der Waals surface area contributed by atoms with Gasteiger partial charge >= 0.3 is 0 Å². The van der Waals surface area contributed by atoms with Gasteiger partial charge in [0.1, 0.15) is 6.20 Å². The Morgan fingerprint density at radius 2 is 2.38 bits per heavy atom. The standard InChI is InChI=1S/C11H17N2/c1-3-5-6-8-11-10(7-4-2)9-12-13-11/h4H,2-3,5-8H2,1H3,(H,12,13). The van der Waals surface area contributed by atoms with E-state index < -0.39 is 0 Å². The fraction of sp³-hybridized carbons (Fsp3) is 0.545. The first kappa shape index (κ1) is 10.0. The molecule has 0 atom stereocenters. The lowest BCUT2D eigenvalue weighted by molar-refractivity contribution is 0.702. The van der Waals surface area contributed by atoms with Crippen molar-refractivity contribution in [1.82, 2.24) is 10.2 Å². The molecule has 1 N–H and O–H groups in total. The van der Waals surface area contributed by atoms with E-state index in [1.807, 2.05) is 6.08 Å². The van der Waals surface area contributed by atoms with Crippen LogP contribution in [0, 0.1) is 6.20 Å². The normalized spacial score (nSPS) is 10.2. The van der Waals surface area contributed by atoms with Crippen LogP contribution >= 0.6 is 0 Å². The summed E-state index contributed by atoms with van der Waals surface area (Å²) in [5.41, 5.74) is 2.40. The van der Waals surface area contributed by atoms with Gasteiger partial charge in [0.25, 0.3) is 0 Å². The van der Waals surface area contributed by atoms with Crippen LogP contribution in [-0.4, -0.2) is 10.2 Å². The topological polar surface area (TPSA) is 28.7 Å². The molecule has 2 nitrogen and oxygen atoms in total. The van der Waals surface area contributed by atoms with Crippen LogP contribution in [0.2, 0.25) is 0 Å². The van der Waals surface area contributed by atoms with E-state index >= 15 is 0 Å². The Balaban J connectivity index is 2.44. The van der Waals surface area contributed by atoms with E-state index in [0.29, 0.717) is 0 Å². The average Bonchev–Trinajstić information content (AvgIpc) is 2.54. The maximum Gasteiger partial charge on any atom is 0.116 e. The second-order valence-corrected chi connectivity index (χ2v) is 3.24. The third-order valence-electron chi connectivity index (χ3n) is 2.12. The minimum atomic E-state index is 0.873. The lowest BCUT2D eigenvalue weighted by Gasteiger charge is -1.99. The van der Waals surface area contributed by atoms with Gasteiger partial charge < -0.3 is 0 Å². The summed E-state index contributed by atoms with van der Waals surface area (Å²) in [6, 6.07) is 0. The van der Waals surface area contributed by atoms with Crippen LogP contribution in [0.3, 0.4) is 0 Å². The molecule has 0 unspecified atom stereocenters. The van der Waals surface area contributed by atoms with Gasteiger partial charge in [-0.2, -0.15) is 5.10 Å². The van der Waals surface area contributed by atoms with Crippen molar-refractivity contribution in [2.45, 2.75) is 39.0 Å². The van der Waals surface area contributed by atoms with Gasteiger partial charge in [-0.1, -0.05) is 25.8 Å². The van der Waals surface area contributed by atoms with Crippen molar-refractivity contribution >= 4 is 0 Å². The lowest BCUT2D eigenvalue weighted by atomic mass is 10.1. The monoisotopic (exact) mass is 177 g/mol. The van der Waals surface area contributed by atoms with Crippen LogP contribution < -0.4 is 0 Å². The van der Waals surface area contributed by atoms with E-state index in [4.69, 9.17) is 0 Å². The highest BCUT2D eigenvalue weighted by Gasteiger charge is 2.02. The van der Waals surface area contributed by atoms with Gasteiger partial charge in [0, 0.05) is 11.3 Å². The average molecular weight is 177 g/mol. The Kier molecular flexibility index (Phi) is 4.30. The molecule has 0 aliphatic rings. The number of aryl methyl sites for hydroxylation is 1. The Hall–Kier alpha value is -1.05. The molecule has 0 aromatic carbocycles. The van der Waals surface area contributed by atoms with Gasteiger partial charge in [0.15, 0.2) is 0 Å². The van der Waals surface area contributed by atoms with Crippen LogP contribution in [-0.2, 0) is 12.8 Å². The van der Waals surface area contributed by atoms with Crippen molar-refractivity contribution in [1.29, 1.82) is 0 Å². The first-order valence-corrected chi connectivity index (χ1v) is 4.93. The maximum atomic E-state index is 3.92. The molecule has 0 spiro atoms. The Morgan fingerprint density at radius 1 is 1.54 bits per heavy atom. The molecule has 1 aromatic heterocycles. The first-order chi connectivity index (χ1) is 6.38. The Morgan fingerprint density at radius 3 is 3.08 bits per heavy atom. The number of hydrogen-bond acceptors (Lipinski definition) is 1. The van der Waals surface area contributed by atoms with Gasteiger partial charge in [-0.25, -0.2) is 0 Å². The molecule has 0 saturated carbocycles. The molecule has 1 radical (unpaired) electrons. The lowest BCUT2D eigenvalue weighted by Crippen LogP contribution is -1.91. The number of nitrogens with one attached hydrogen (secondary N) is 1. The molecule has 1 heterocycles. The highest BCUT2D eigenvalue weighted by molar-refractivity contribution is 5.17. The van der Waals surface area contributed by atoms with Crippen LogP contribution in [0.25, 0.3) is 0 Å². The van der Waals surface area contributed by atoms with E-state index in [-0.39, 0.29) is 0 Å². The van der Waals surface area contributed by atoms with Crippen LogP contribution in [0.1, 0.15) is 37.4 Å². The molecule has 0 fully saturated rings. The zero-order chi connectivity index (χ0) is 9.52. The van der Waals surface area contributed by atoms with Gasteiger partial charge in [0.05, 0.1) is 0 Å². The smallest absolute Gasteiger partial charge is 0.116 e. The van der Waals surface area contributed by atoms with Crippen molar-refractivity contribution in [2.75, 3.05) is 0 Å². The van der Waals surface area contributed by atoms with Crippen molar-refractivity contribution < 1.29 is 0 Å². The van der Waals surface area contributed by atoms with Gasteiger partial charge in [-0.3, -0.25) is 5.10 Å². The molecular weight excluding hydrogens is 160 g/mol. The predicted molar refractivity (Wildman–Crippen MR) is 54.6 cm³/mol. The van der Waals surface area contributed by atoms with E-state index in [9.17, 15) is 0 Å². The third-order valence-corrected chi connectivity index (χ3v) is 2.12. The summed E-state index contributed by atoms with van der Waals surface area (Å²) in [6.07, 6.45) is 10.6. The molecule has 2 heteroatoms. The zero-order valence-corrected chi connectivity index (χ0v) is 8.27. The molecule has 0 saturated heterocycles. The minimum absolute atomic E-state index is 0.873. The molecular formula is C11H17N2. The molecule has 13 heavy (non-hydrogen) atoms. The highest BCUT2D eigenvalue weighted by atomic mass is 15.1. The van der Waals surface area contributed by atoms with Crippen LogP contribution in [0.5, 0.6) is 0 Å². The second-order valence-electron chi connectivity index (χ2n) is 3.24. The second kappa shape index (κ2) is 5.57. The van der Waals surface area contributed by atoms with Gasteiger partial charge in [-0.15, -0.1) is 6.58 Å². The molecule has 1 rings (SSSR count). The maximum absolute atomic E-state index is 3.92. The molecule has 0 amide bonds. The summed E-state index contributed by atoms with van der Waals surface area (Å²) in [5.74, 6) is 0. The Labute approximate surface area is 80.1 Å². The number of unbranched alkanes of at least 4 members (excludes halogenated alkanes) is 2. The van der Waals surface area contributed by atoms with E-state index in [0.717, 1.165) is 12.8 Å². The van der Waals surface area contributed by atoms with Gasteiger partial charge in [0.2, 0.25) is 0 Å². The number of aromatic amines is 1. The zero-order valence-electron chi connectivity index (χ0n) is 8.27. The summed E-state index contributed by atoms with van der Waals surface area (Å²) in [4.78, 5) is 0. The summed E-state index contributed by atoms with van der Waals surface area (Å²) in [6.45, 7) is 5.92. The molecule has 71 valence electrons. The molecule has 0 aliphatic carbocycles. The largest absolute Gasteiger partial charge is 0.282 e. The van der Waals surface area contributed by atoms with Crippen molar-refractivity contribution in [3.8, 4) is 0 Å². The summed E-state index contributed by atoms with van der Waals surface area (Å²) >= 11 is 0. The van der Waals surface area contributed by atoms with Crippen LogP contribution in [0.15, 0.2) is 12.7 Å². The van der Waals surface area contributed by atoms with E-state index in [1.165, 1.54) is 30.5 Å². The number of aromatic nitrogens is 2. The fourth-order valence-electron chi connectivity index (χ4n) is 1.37. The third kappa shape index (κ3) is 3.05. The molecule has 0 aliphatic heterocycles. The SMILES string of the molecule is C=CCc1[c]n[nH]c1CCCCC. The van der Waals surface area contributed by atoms with Crippen LogP contribution in [0.4, 0.5) is 0 Å². The number of nitrogens with zero attached hydrogens (tertiary/aromatic N) is 1. The van der Waals surface area contributed by atoms with Crippen molar-refractivity contribution in [3.63, 3.8) is 0 Å². The molecule has 1 aromatic rings. The number of allylic oxidation sites excluding steroid dienone is 1. The first-order valence-electron chi connectivity index (χ1n) is 4.93. The van der Waals surface area contributed by atoms with E-state index in [2.05, 4.69) is 29.9 Å². The van der Waals surface area contributed by atoms with Crippen molar-refractivity contribution in [2.24, 2.45) is 0 Å². The number of hydrogen-bond donors (Lipinski definition) is 1. The summed E-state index contributed by atoms with van der Waals surface area (Å²) in [7, 11) is 0. The minimum Gasteiger partial charge on any atom is -0.282 e. The Bertz CT molecular complexity index is 250. The number of H-pyrrole nitrogens is 1. The summed E-state index contributed by atoms with van der Waals surface area (Å²) in [5, 5.41) is 6.92. The van der Waals surface area contributed by atoms with Gasteiger partial charge in [-0.05, 0) is 19.3 Å². The molecule has 0 bridgehead atoms. The quantitative estimate of drug-likeness (QED) is 0.525. The number of rotatable bonds is 6. The summed E-state index contributed by atoms with van der Waals surface area (Å²) < 4.78 is 0. The predicted octanol–water partition coefficient (Wildman–Crippen LogP) is 2.67. The van der Waals surface area contributed by atoms with Crippen molar-refractivity contribution in [3.05, 3.63) is 30.1 Å². The van der Waals surface area contributed by atoms with E-state index in [1.54, 1.807) is 0 Å². The fourth-order valence-corrected chi connectivity index (χ4v) is 1.37. The highest BCUT2D eigenvalue weighted by Crippen LogP contribution is 2.09.